The zero-order valence-electron chi connectivity index (χ0n) is 19.2. The molecule has 2 aromatic carbocycles. The van der Waals surface area contributed by atoms with Gasteiger partial charge in [-0.15, -0.1) is 0 Å². The molecule has 0 saturated carbocycles. The van der Waals surface area contributed by atoms with Crippen molar-refractivity contribution in [2.45, 2.75) is 20.3 Å². The standard InChI is InChI=1S/C24H29N3O6/c1-15(2)14-33-24(30)26-18-7-5-6-17(11-18)25-23(29)16-10-22(28)27(13-16)19-8-9-20(31-3)21(12-19)32-4/h5-9,11-12,15-16H,10,13-14H2,1-4H3,(H,25,29)(H,26,30). The van der Waals surface area contributed by atoms with Crippen LogP contribution in [0, 0.1) is 11.8 Å². The summed E-state index contributed by atoms with van der Waals surface area (Å²) in [6, 6.07) is 12.0. The highest BCUT2D eigenvalue weighted by Gasteiger charge is 2.35. The summed E-state index contributed by atoms with van der Waals surface area (Å²) in [5, 5.41) is 5.47. The highest BCUT2D eigenvalue weighted by atomic mass is 16.5. The Morgan fingerprint density at radius 3 is 2.39 bits per heavy atom. The van der Waals surface area contributed by atoms with Crippen LogP contribution in [0.4, 0.5) is 21.9 Å². The van der Waals surface area contributed by atoms with Crippen molar-refractivity contribution in [3.8, 4) is 11.5 Å². The Labute approximate surface area is 193 Å². The third kappa shape index (κ3) is 6.15. The molecule has 176 valence electrons. The van der Waals surface area contributed by atoms with Gasteiger partial charge >= 0.3 is 6.09 Å². The van der Waals surface area contributed by atoms with Crippen LogP contribution >= 0.6 is 0 Å². The Kier molecular flexibility index (Phi) is 7.76. The molecule has 1 saturated heterocycles. The lowest BCUT2D eigenvalue weighted by molar-refractivity contribution is -0.122. The SMILES string of the molecule is COc1ccc(N2CC(C(=O)Nc3cccc(NC(=O)OCC(C)C)c3)CC2=O)cc1OC. The van der Waals surface area contributed by atoms with Gasteiger partial charge in [-0.2, -0.15) is 0 Å². The average molecular weight is 456 g/mol. The fourth-order valence-electron chi connectivity index (χ4n) is 3.44. The molecule has 0 radical (unpaired) electrons. The number of methoxy groups -OCH3 is 2. The van der Waals surface area contributed by atoms with E-state index in [0.717, 1.165) is 0 Å². The molecule has 3 rings (SSSR count). The molecule has 0 aromatic heterocycles. The van der Waals surface area contributed by atoms with E-state index in [0.29, 0.717) is 35.2 Å². The zero-order chi connectivity index (χ0) is 24.0. The highest BCUT2D eigenvalue weighted by molar-refractivity contribution is 6.03. The maximum Gasteiger partial charge on any atom is 0.411 e. The lowest BCUT2D eigenvalue weighted by Crippen LogP contribution is -2.28. The van der Waals surface area contributed by atoms with Gasteiger partial charge in [-0.25, -0.2) is 4.79 Å². The summed E-state index contributed by atoms with van der Waals surface area (Å²) >= 11 is 0. The number of carbonyl (C=O) groups excluding carboxylic acids is 3. The number of benzene rings is 2. The van der Waals surface area contributed by atoms with Gasteiger partial charge in [0.1, 0.15) is 0 Å². The minimum absolute atomic E-state index is 0.0969. The topological polar surface area (TPSA) is 106 Å². The van der Waals surface area contributed by atoms with Crippen LogP contribution in [0.3, 0.4) is 0 Å². The third-order valence-corrected chi connectivity index (χ3v) is 5.10. The van der Waals surface area contributed by atoms with E-state index in [4.69, 9.17) is 14.2 Å². The summed E-state index contributed by atoms with van der Waals surface area (Å²) in [5.41, 5.74) is 1.65. The number of anilines is 3. The van der Waals surface area contributed by atoms with Crippen molar-refractivity contribution in [1.82, 2.24) is 0 Å². The number of amides is 3. The first kappa shape index (κ1) is 23.9. The average Bonchev–Trinajstić information content (AvgIpc) is 3.19. The summed E-state index contributed by atoms with van der Waals surface area (Å²) in [4.78, 5) is 38.9. The maximum absolute atomic E-state index is 12.8. The van der Waals surface area contributed by atoms with Crippen LogP contribution in [0.5, 0.6) is 11.5 Å². The van der Waals surface area contributed by atoms with Crippen molar-refractivity contribution in [3.05, 3.63) is 42.5 Å². The normalized spacial score (nSPS) is 15.4. The zero-order valence-corrected chi connectivity index (χ0v) is 19.2. The Morgan fingerprint density at radius 2 is 1.73 bits per heavy atom. The van der Waals surface area contributed by atoms with Gasteiger partial charge in [0.15, 0.2) is 11.5 Å². The Morgan fingerprint density at radius 1 is 1.03 bits per heavy atom. The number of hydrogen-bond donors (Lipinski definition) is 2. The predicted molar refractivity (Wildman–Crippen MR) is 125 cm³/mol. The number of nitrogens with zero attached hydrogens (tertiary/aromatic N) is 1. The molecule has 2 aromatic rings. The van der Waals surface area contributed by atoms with Crippen LogP contribution in [0.15, 0.2) is 42.5 Å². The van der Waals surface area contributed by atoms with Gasteiger partial charge in [-0.05, 0) is 36.2 Å². The van der Waals surface area contributed by atoms with Crippen molar-refractivity contribution in [2.75, 3.05) is 42.9 Å². The summed E-state index contributed by atoms with van der Waals surface area (Å²) in [6.45, 7) is 4.46. The number of hydrogen-bond acceptors (Lipinski definition) is 6. The molecule has 1 fully saturated rings. The van der Waals surface area contributed by atoms with Gasteiger partial charge in [0.05, 0.1) is 26.7 Å². The summed E-state index contributed by atoms with van der Waals surface area (Å²) in [5.74, 6) is 0.361. The first-order valence-corrected chi connectivity index (χ1v) is 10.7. The molecule has 3 amide bonds. The molecular formula is C24H29N3O6. The molecule has 0 spiro atoms. The predicted octanol–water partition coefficient (Wildman–Crippen LogP) is 3.90. The van der Waals surface area contributed by atoms with Gasteiger partial charge in [0, 0.05) is 36.1 Å². The minimum atomic E-state index is -0.556. The van der Waals surface area contributed by atoms with Gasteiger partial charge in [0.25, 0.3) is 0 Å². The first-order valence-electron chi connectivity index (χ1n) is 10.7. The second-order valence-corrected chi connectivity index (χ2v) is 8.13. The van der Waals surface area contributed by atoms with E-state index >= 15 is 0 Å². The van der Waals surface area contributed by atoms with Gasteiger partial charge in [0.2, 0.25) is 11.8 Å². The van der Waals surface area contributed by atoms with Crippen molar-refractivity contribution >= 4 is 35.0 Å². The van der Waals surface area contributed by atoms with Crippen LogP contribution in [0.1, 0.15) is 20.3 Å². The summed E-state index contributed by atoms with van der Waals surface area (Å²) < 4.78 is 15.7. The van der Waals surface area contributed by atoms with E-state index in [1.54, 1.807) is 47.4 Å². The van der Waals surface area contributed by atoms with Crippen molar-refractivity contribution in [3.63, 3.8) is 0 Å². The quantitative estimate of drug-likeness (QED) is 0.625. The summed E-state index contributed by atoms with van der Waals surface area (Å²) in [7, 11) is 3.06. The molecule has 1 aliphatic heterocycles. The van der Waals surface area contributed by atoms with Crippen LogP contribution in [-0.2, 0) is 14.3 Å². The third-order valence-electron chi connectivity index (χ3n) is 5.10. The maximum atomic E-state index is 12.8. The van der Waals surface area contributed by atoms with E-state index in [9.17, 15) is 14.4 Å². The van der Waals surface area contributed by atoms with Gasteiger partial charge in [-0.1, -0.05) is 19.9 Å². The molecular weight excluding hydrogens is 426 g/mol. The Hall–Kier alpha value is -3.75. The Balaban J connectivity index is 1.62. The molecule has 1 atom stereocenters. The molecule has 33 heavy (non-hydrogen) atoms. The first-order chi connectivity index (χ1) is 15.8. The minimum Gasteiger partial charge on any atom is -0.493 e. The number of ether oxygens (including phenoxy) is 3. The fourth-order valence-corrected chi connectivity index (χ4v) is 3.44. The van der Waals surface area contributed by atoms with Crippen molar-refractivity contribution in [2.24, 2.45) is 11.8 Å². The largest absolute Gasteiger partial charge is 0.493 e. The molecule has 9 heteroatoms. The van der Waals surface area contributed by atoms with Crippen LogP contribution in [0.25, 0.3) is 0 Å². The van der Waals surface area contributed by atoms with Crippen molar-refractivity contribution < 1.29 is 28.6 Å². The van der Waals surface area contributed by atoms with Gasteiger partial charge in [-0.3, -0.25) is 14.9 Å². The van der Waals surface area contributed by atoms with Crippen LogP contribution < -0.4 is 25.0 Å². The summed E-state index contributed by atoms with van der Waals surface area (Å²) in [6.07, 6.45) is -0.459. The molecule has 1 heterocycles. The molecule has 0 bridgehead atoms. The second-order valence-electron chi connectivity index (χ2n) is 8.13. The number of carbonyl (C=O) groups is 3. The van der Waals surface area contributed by atoms with Gasteiger partial charge < -0.3 is 24.4 Å². The van der Waals surface area contributed by atoms with E-state index < -0.39 is 12.0 Å². The fraction of sp³-hybridized carbons (Fsp3) is 0.375. The monoisotopic (exact) mass is 455 g/mol. The van der Waals surface area contributed by atoms with E-state index in [2.05, 4.69) is 10.6 Å². The van der Waals surface area contributed by atoms with Crippen molar-refractivity contribution in [1.29, 1.82) is 0 Å². The number of rotatable bonds is 8. The lowest BCUT2D eigenvalue weighted by Gasteiger charge is -2.18. The van der Waals surface area contributed by atoms with E-state index in [1.807, 2.05) is 13.8 Å². The molecule has 1 aliphatic rings. The van der Waals surface area contributed by atoms with Crippen LogP contribution in [-0.4, -0.2) is 45.3 Å². The highest BCUT2D eigenvalue weighted by Crippen LogP contribution is 2.34. The number of nitrogens with one attached hydrogen (secondary N) is 2. The Bertz CT molecular complexity index is 1020. The molecule has 1 unspecified atom stereocenters. The molecule has 2 N–H and O–H groups in total. The van der Waals surface area contributed by atoms with E-state index in [1.165, 1.54) is 14.2 Å². The van der Waals surface area contributed by atoms with E-state index in [-0.39, 0.29) is 30.7 Å². The second kappa shape index (κ2) is 10.7. The molecule has 9 nitrogen and oxygen atoms in total. The lowest BCUT2D eigenvalue weighted by atomic mass is 10.1. The van der Waals surface area contributed by atoms with Crippen LogP contribution in [0.2, 0.25) is 0 Å². The molecule has 0 aliphatic carbocycles. The smallest absolute Gasteiger partial charge is 0.411 e.